The summed E-state index contributed by atoms with van der Waals surface area (Å²) in [6.45, 7) is 4.15. The zero-order valence-electron chi connectivity index (χ0n) is 10.3. The van der Waals surface area contributed by atoms with Crippen molar-refractivity contribution in [1.29, 1.82) is 0 Å². The van der Waals surface area contributed by atoms with Crippen LogP contribution in [0.1, 0.15) is 11.1 Å². The van der Waals surface area contributed by atoms with E-state index in [9.17, 15) is 0 Å². The average Bonchev–Trinajstić information content (AvgIpc) is 2.49. The van der Waals surface area contributed by atoms with Gasteiger partial charge >= 0.3 is 0 Å². The van der Waals surface area contributed by atoms with Crippen molar-refractivity contribution in [2.75, 3.05) is 0 Å². The lowest BCUT2D eigenvalue weighted by atomic mass is 9.96. The smallest absolute Gasteiger partial charge is 0.116 e. The molecular formula is C16H12N2S. The highest BCUT2D eigenvalue weighted by Gasteiger charge is 2.19. The van der Waals surface area contributed by atoms with Gasteiger partial charge in [-0.05, 0) is 0 Å². The Morgan fingerprint density at radius 2 is 1.11 bits per heavy atom. The summed E-state index contributed by atoms with van der Waals surface area (Å²) in [5.74, 6) is 0. The monoisotopic (exact) mass is 264 g/mol. The van der Waals surface area contributed by atoms with Crippen molar-refractivity contribution in [3.63, 3.8) is 0 Å². The fraction of sp³-hybridized carbons (Fsp3) is 0. The summed E-state index contributed by atoms with van der Waals surface area (Å²) < 4.78 is 8.81. The Morgan fingerprint density at radius 3 is 1.53 bits per heavy atom. The highest BCUT2D eigenvalue weighted by Crippen LogP contribution is 2.24. The Labute approximate surface area is 116 Å². The highest BCUT2D eigenvalue weighted by atomic mass is 32.2. The zero-order chi connectivity index (χ0) is 13.1. The SMILES string of the molecule is C=C1C(c2ccccc2)=NSN=C1c1ccccc1. The van der Waals surface area contributed by atoms with Crippen LogP contribution in [0.5, 0.6) is 0 Å². The van der Waals surface area contributed by atoms with E-state index >= 15 is 0 Å². The molecular weight excluding hydrogens is 252 g/mol. The molecule has 0 fully saturated rings. The van der Waals surface area contributed by atoms with Gasteiger partial charge in [-0.1, -0.05) is 67.2 Å². The van der Waals surface area contributed by atoms with Crippen LogP contribution in [0.2, 0.25) is 0 Å². The fourth-order valence-corrected chi connectivity index (χ4v) is 2.61. The van der Waals surface area contributed by atoms with E-state index < -0.39 is 0 Å². The van der Waals surface area contributed by atoms with Gasteiger partial charge < -0.3 is 0 Å². The second kappa shape index (κ2) is 5.24. The molecule has 0 bridgehead atoms. The first-order valence-corrected chi connectivity index (χ1v) is 6.72. The van der Waals surface area contributed by atoms with Crippen molar-refractivity contribution in [3.05, 3.63) is 83.9 Å². The third-order valence-corrected chi connectivity index (χ3v) is 3.46. The molecule has 0 spiro atoms. The number of nitrogens with zero attached hydrogens (tertiary/aromatic N) is 2. The standard InChI is InChI=1S/C16H12N2S/c1-12-15(13-8-4-2-5-9-13)17-19-18-16(12)14-10-6-3-7-11-14/h2-11H,1H2. The lowest BCUT2D eigenvalue weighted by Gasteiger charge is -2.15. The van der Waals surface area contributed by atoms with Crippen LogP contribution < -0.4 is 0 Å². The molecule has 1 aliphatic rings. The Kier molecular flexibility index (Phi) is 3.29. The van der Waals surface area contributed by atoms with Gasteiger partial charge in [0.2, 0.25) is 0 Å². The molecule has 0 radical (unpaired) electrons. The van der Waals surface area contributed by atoms with Gasteiger partial charge in [-0.3, -0.25) is 0 Å². The first kappa shape index (κ1) is 11.9. The fourth-order valence-electron chi connectivity index (χ4n) is 1.97. The molecule has 1 aliphatic heterocycles. The summed E-state index contributed by atoms with van der Waals surface area (Å²) in [5, 5.41) is 0. The molecule has 2 aromatic carbocycles. The molecule has 0 unspecified atom stereocenters. The predicted octanol–water partition coefficient (Wildman–Crippen LogP) is 4.10. The molecule has 2 aromatic rings. The van der Waals surface area contributed by atoms with Crippen LogP contribution in [0.3, 0.4) is 0 Å². The van der Waals surface area contributed by atoms with Crippen molar-refractivity contribution < 1.29 is 0 Å². The summed E-state index contributed by atoms with van der Waals surface area (Å²) in [6.07, 6.45) is 0. The van der Waals surface area contributed by atoms with Crippen LogP contribution >= 0.6 is 12.1 Å². The normalized spacial score (nSPS) is 14.8. The van der Waals surface area contributed by atoms with E-state index in [1.807, 2.05) is 60.7 Å². The summed E-state index contributed by atoms with van der Waals surface area (Å²) in [7, 11) is 0. The van der Waals surface area contributed by atoms with E-state index in [4.69, 9.17) is 0 Å². The molecule has 0 saturated heterocycles. The largest absolute Gasteiger partial charge is 0.192 e. The molecule has 0 aliphatic carbocycles. The predicted molar refractivity (Wildman–Crippen MR) is 82.7 cm³/mol. The molecule has 19 heavy (non-hydrogen) atoms. The van der Waals surface area contributed by atoms with Gasteiger partial charge in [-0.2, -0.15) is 8.80 Å². The molecule has 92 valence electrons. The van der Waals surface area contributed by atoms with Crippen molar-refractivity contribution in [1.82, 2.24) is 0 Å². The van der Waals surface area contributed by atoms with E-state index in [2.05, 4.69) is 15.4 Å². The molecule has 2 nitrogen and oxygen atoms in total. The third-order valence-electron chi connectivity index (χ3n) is 2.93. The number of benzene rings is 2. The van der Waals surface area contributed by atoms with E-state index in [0.29, 0.717) is 0 Å². The Bertz CT molecular complexity index is 600. The van der Waals surface area contributed by atoms with Gasteiger partial charge in [-0.25, -0.2) is 0 Å². The lowest BCUT2D eigenvalue weighted by molar-refractivity contribution is 1.57. The lowest BCUT2D eigenvalue weighted by Crippen LogP contribution is -2.16. The van der Waals surface area contributed by atoms with Gasteiger partial charge in [0, 0.05) is 16.7 Å². The minimum absolute atomic E-state index is 0.871. The molecule has 1 heterocycles. The van der Waals surface area contributed by atoms with Gasteiger partial charge in [0.25, 0.3) is 0 Å². The summed E-state index contributed by atoms with van der Waals surface area (Å²) in [5.41, 5.74) is 4.82. The number of hydrogen-bond donors (Lipinski definition) is 0. The third kappa shape index (κ3) is 2.37. The number of rotatable bonds is 2. The van der Waals surface area contributed by atoms with Crippen molar-refractivity contribution in [2.24, 2.45) is 8.80 Å². The van der Waals surface area contributed by atoms with Gasteiger partial charge in [0.15, 0.2) is 0 Å². The molecule has 0 amide bonds. The molecule has 0 aromatic heterocycles. The topological polar surface area (TPSA) is 24.7 Å². The second-order valence-electron chi connectivity index (χ2n) is 4.17. The first-order valence-electron chi connectivity index (χ1n) is 5.99. The van der Waals surface area contributed by atoms with Gasteiger partial charge in [0.05, 0.1) is 11.4 Å². The number of hydrogen-bond acceptors (Lipinski definition) is 3. The minimum Gasteiger partial charge on any atom is -0.192 e. The van der Waals surface area contributed by atoms with Crippen molar-refractivity contribution in [3.8, 4) is 0 Å². The second-order valence-corrected chi connectivity index (χ2v) is 4.70. The van der Waals surface area contributed by atoms with E-state index in [0.717, 1.165) is 28.1 Å². The van der Waals surface area contributed by atoms with Gasteiger partial charge in [-0.15, -0.1) is 0 Å². The summed E-state index contributed by atoms with van der Waals surface area (Å²) in [4.78, 5) is 0. The highest BCUT2D eigenvalue weighted by molar-refractivity contribution is 7.97. The van der Waals surface area contributed by atoms with Crippen LogP contribution in [0.15, 0.2) is 81.6 Å². The van der Waals surface area contributed by atoms with Gasteiger partial charge in [0.1, 0.15) is 12.1 Å². The van der Waals surface area contributed by atoms with Crippen LogP contribution in [0.25, 0.3) is 0 Å². The minimum atomic E-state index is 0.871. The first-order chi connectivity index (χ1) is 9.36. The molecule has 3 heteroatoms. The maximum atomic E-state index is 4.40. The molecule has 0 N–H and O–H groups in total. The maximum Gasteiger partial charge on any atom is 0.116 e. The molecule has 0 saturated carbocycles. The molecule has 0 atom stereocenters. The number of allylic oxidation sites excluding steroid dienone is 1. The van der Waals surface area contributed by atoms with E-state index in [1.165, 1.54) is 12.1 Å². The van der Waals surface area contributed by atoms with E-state index in [-0.39, 0.29) is 0 Å². The van der Waals surface area contributed by atoms with E-state index in [1.54, 1.807) is 0 Å². The Morgan fingerprint density at radius 1 is 0.684 bits per heavy atom. The maximum absolute atomic E-state index is 4.40. The molecule has 3 rings (SSSR count). The van der Waals surface area contributed by atoms with Crippen LogP contribution in [0.4, 0.5) is 0 Å². The van der Waals surface area contributed by atoms with Crippen molar-refractivity contribution >= 4 is 23.6 Å². The summed E-state index contributed by atoms with van der Waals surface area (Å²) in [6, 6.07) is 20.2. The van der Waals surface area contributed by atoms with Crippen molar-refractivity contribution in [2.45, 2.75) is 0 Å². The Hall–Kier alpha value is -2.13. The van der Waals surface area contributed by atoms with Crippen LogP contribution in [-0.4, -0.2) is 11.4 Å². The summed E-state index contributed by atoms with van der Waals surface area (Å²) >= 11 is 1.22. The average molecular weight is 264 g/mol. The quantitative estimate of drug-likeness (QED) is 0.749. The zero-order valence-corrected chi connectivity index (χ0v) is 11.1. The van der Waals surface area contributed by atoms with Crippen LogP contribution in [-0.2, 0) is 0 Å². The Balaban J connectivity index is 1.97. The van der Waals surface area contributed by atoms with Crippen LogP contribution in [0, 0.1) is 0 Å².